The first-order valence-electron chi connectivity index (χ1n) is 10.5. The van der Waals surface area contributed by atoms with Crippen LogP contribution in [-0.4, -0.2) is 87.6 Å². The fourth-order valence-corrected chi connectivity index (χ4v) is 4.09. The monoisotopic (exact) mass is 413 g/mol. The molecule has 160 valence electrons. The van der Waals surface area contributed by atoms with Crippen LogP contribution in [0.3, 0.4) is 0 Å². The summed E-state index contributed by atoms with van der Waals surface area (Å²) < 4.78 is 10.4. The Kier molecular flexibility index (Phi) is 6.23. The largest absolute Gasteiger partial charge is 0.497 e. The van der Waals surface area contributed by atoms with Crippen LogP contribution < -0.4 is 14.5 Å². The van der Waals surface area contributed by atoms with Crippen molar-refractivity contribution >= 4 is 17.5 Å². The first-order valence-corrected chi connectivity index (χ1v) is 10.5. The van der Waals surface area contributed by atoms with Gasteiger partial charge in [-0.3, -0.25) is 9.59 Å². The average molecular weight is 413 g/mol. The zero-order valence-electron chi connectivity index (χ0n) is 17.4. The molecule has 0 saturated carbocycles. The number of rotatable bonds is 5. The van der Waals surface area contributed by atoms with Gasteiger partial charge in [-0.15, -0.1) is 0 Å². The molecule has 4 rings (SSSR count). The molecular weight excluding hydrogens is 384 g/mol. The fraction of sp³-hybridized carbons (Fsp3) is 0.455. The van der Waals surface area contributed by atoms with E-state index in [-0.39, 0.29) is 11.8 Å². The van der Waals surface area contributed by atoms with Gasteiger partial charge in [0.05, 0.1) is 39.6 Å². The van der Waals surface area contributed by atoms with E-state index in [0.29, 0.717) is 25.4 Å². The van der Waals surface area contributed by atoms with Crippen molar-refractivity contribution in [3.8, 4) is 5.75 Å². The van der Waals surface area contributed by atoms with Crippen molar-refractivity contribution < 1.29 is 23.6 Å². The maximum atomic E-state index is 12.8. The van der Waals surface area contributed by atoms with E-state index < -0.39 is 0 Å². The molecule has 2 fully saturated rings. The lowest BCUT2D eigenvalue weighted by Crippen LogP contribution is -3.15. The highest BCUT2D eigenvalue weighted by molar-refractivity contribution is 5.91. The number of carbonyl (C=O) groups is 2. The van der Waals surface area contributed by atoms with E-state index in [0.717, 1.165) is 50.7 Å². The van der Waals surface area contributed by atoms with E-state index in [9.17, 15) is 9.59 Å². The minimum absolute atomic E-state index is 0.0694. The predicted octanol–water partition coefficient (Wildman–Crippen LogP) is -0.0223. The molecule has 3 heterocycles. The molecule has 2 aliphatic heterocycles. The van der Waals surface area contributed by atoms with Crippen molar-refractivity contribution in [2.75, 3.05) is 70.9 Å². The zero-order chi connectivity index (χ0) is 20.9. The summed E-state index contributed by atoms with van der Waals surface area (Å²) in [6, 6.07) is 11.5. The molecule has 30 heavy (non-hydrogen) atoms. The Morgan fingerprint density at radius 3 is 2.27 bits per heavy atom. The number of anilines is 1. The molecule has 1 aromatic heterocycles. The van der Waals surface area contributed by atoms with Gasteiger partial charge in [-0.1, -0.05) is 0 Å². The van der Waals surface area contributed by atoms with E-state index in [1.807, 2.05) is 17.0 Å². The van der Waals surface area contributed by atoms with E-state index in [1.54, 1.807) is 24.1 Å². The van der Waals surface area contributed by atoms with Crippen LogP contribution in [0.2, 0.25) is 0 Å². The fourth-order valence-electron chi connectivity index (χ4n) is 4.09. The third-order valence-corrected chi connectivity index (χ3v) is 5.96. The maximum absolute atomic E-state index is 12.8. The smallest absolute Gasteiger partial charge is 0.289 e. The van der Waals surface area contributed by atoms with Gasteiger partial charge in [0.2, 0.25) is 0 Å². The van der Waals surface area contributed by atoms with Gasteiger partial charge in [-0.25, -0.2) is 0 Å². The van der Waals surface area contributed by atoms with Crippen LogP contribution in [0, 0.1) is 0 Å². The molecule has 0 unspecified atom stereocenters. The van der Waals surface area contributed by atoms with Crippen molar-refractivity contribution in [2.45, 2.75) is 0 Å². The molecule has 0 atom stereocenters. The van der Waals surface area contributed by atoms with E-state index >= 15 is 0 Å². The molecule has 8 heteroatoms. The topological polar surface area (TPSA) is 70.7 Å². The van der Waals surface area contributed by atoms with Crippen LogP contribution in [-0.2, 0) is 4.79 Å². The summed E-state index contributed by atoms with van der Waals surface area (Å²) in [6.07, 6.45) is 1.52. The molecule has 2 aromatic rings. The molecule has 8 nitrogen and oxygen atoms in total. The number of furan rings is 1. The van der Waals surface area contributed by atoms with Gasteiger partial charge in [0.15, 0.2) is 12.3 Å². The maximum Gasteiger partial charge on any atom is 0.289 e. The summed E-state index contributed by atoms with van der Waals surface area (Å²) in [4.78, 5) is 32.4. The van der Waals surface area contributed by atoms with Crippen molar-refractivity contribution in [2.24, 2.45) is 0 Å². The average Bonchev–Trinajstić information content (AvgIpc) is 3.34. The molecule has 1 aromatic carbocycles. The summed E-state index contributed by atoms with van der Waals surface area (Å²) >= 11 is 0. The number of piperazine rings is 2. The first kappa shape index (κ1) is 20.3. The van der Waals surface area contributed by atoms with Gasteiger partial charge >= 0.3 is 0 Å². The number of benzene rings is 1. The SMILES string of the molecule is COc1ccc(N2CCN(C(=O)C[NH+]3CCN(C(=O)c4ccco4)CC3)CC2)cc1. The Balaban J connectivity index is 1.21. The highest BCUT2D eigenvalue weighted by Crippen LogP contribution is 2.20. The van der Waals surface area contributed by atoms with E-state index in [2.05, 4.69) is 17.0 Å². The Bertz CT molecular complexity index is 837. The number of hydrogen-bond acceptors (Lipinski definition) is 5. The highest BCUT2D eigenvalue weighted by atomic mass is 16.5. The number of nitrogens with one attached hydrogen (secondary N) is 1. The van der Waals surface area contributed by atoms with Crippen molar-refractivity contribution in [1.82, 2.24) is 9.80 Å². The number of quaternary nitrogens is 1. The standard InChI is InChI=1S/C22H28N4O4/c1-29-19-6-4-18(5-7-19)24-12-14-25(15-13-24)21(27)17-23-8-10-26(11-9-23)22(28)20-3-2-16-30-20/h2-7,16H,8-15,17H2,1H3/p+1. The third-order valence-electron chi connectivity index (χ3n) is 5.96. The van der Waals surface area contributed by atoms with Gasteiger partial charge in [0.25, 0.3) is 11.8 Å². The van der Waals surface area contributed by atoms with Gasteiger partial charge in [0, 0.05) is 31.9 Å². The number of amides is 2. The normalized spacial score (nSPS) is 17.8. The Morgan fingerprint density at radius 2 is 1.67 bits per heavy atom. The van der Waals surface area contributed by atoms with Crippen molar-refractivity contribution in [1.29, 1.82) is 0 Å². The minimum atomic E-state index is -0.0694. The minimum Gasteiger partial charge on any atom is -0.497 e. The Hall–Kier alpha value is -3.00. The lowest BCUT2D eigenvalue weighted by molar-refractivity contribution is -0.896. The van der Waals surface area contributed by atoms with Crippen LogP contribution in [0.4, 0.5) is 5.69 Å². The third kappa shape index (κ3) is 4.59. The van der Waals surface area contributed by atoms with E-state index in [4.69, 9.17) is 9.15 Å². The summed E-state index contributed by atoms with van der Waals surface area (Å²) in [5, 5.41) is 0. The quantitative estimate of drug-likeness (QED) is 0.746. The van der Waals surface area contributed by atoms with Crippen molar-refractivity contribution in [3.63, 3.8) is 0 Å². The summed E-state index contributed by atoms with van der Waals surface area (Å²) in [7, 11) is 1.66. The number of methoxy groups -OCH3 is 1. The van der Waals surface area contributed by atoms with Crippen LogP contribution >= 0.6 is 0 Å². The molecule has 0 spiro atoms. The lowest BCUT2D eigenvalue weighted by Gasteiger charge is -2.37. The molecule has 0 radical (unpaired) electrons. The molecule has 0 aliphatic carbocycles. The lowest BCUT2D eigenvalue weighted by atomic mass is 10.2. The first-order chi connectivity index (χ1) is 14.6. The second kappa shape index (κ2) is 9.21. The predicted molar refractivity (Wildman–Crippen MR) is 112 cm³/mol. The van der Waals surface area contributed by atoms with Crippen LogP contribution in [0.15, 0.2) is 47.1 Å². The Morgan fingerprint density at radius 1 is 0.967 bits per heavy atom. The summed E-state index contributed by atoms with van der Waals surface area (Å²) in [5.41, 5.74) is 1.16. The second-order valence-corrected chi connectivity index (χ2v) is 7.76. The summed E-state index contributed by atoms with van der Waals surface area (Å²) in [6.45, 7) is 6.49. The number of carbonyl (C=O) groups excluding carboxylic acids is 2. The van der Waals surface area contributed by atoms with Crippen molar-refractivity contribution in [3.05, 3.63) is 48.4 Å². The number of nitrogens with zero attached hydrogens (tertiary/aromatic N) is 3. The van der Waals surface area contributed by atoms with E-state index in [1.165, 1.54) is 11.2 Å². The Labute approximate surface area is 176 Å². The van der Waals surface area contributed by atoms with Crippen LogP contribution in [0.25, 0.3) is 0 Å². The van der Waals surface area contributed by atoms with Gasteiger partial charge in [0.1, 0.15) is 5.75 Å². The molecule has 2 saturated heterocycles. The van der Waals surface area contributed by atoms with Gasteiger partial charge in [-0.05, 0) is 36.4 Å². The molecule has 0 bridgehead atoms. The molecule has 2 aliphatic rings. The zero-order valence-corrected chi connectivity index (χ0v) is 17.4. The summed E-state index contributed by atoms with van der Waals surface area (Å²) in [5.74, 6) is 1.36. The molecule has 2 amide bonds. The highest BCUT2D eigenvalue weighted by Gasteiger charge is 2.29. The molecular formula is C22H29N4O4+. The van der Waals surface area contributed by atoms with Crippen LogP contribution in [0.1, 0.15) is 10.6 Å². The second-order valence-electron chi connectivity index (χ2n) is 7.76. The van der Waals surface area contributed by atoms with Crippen LogP contribution in [0.5, 0.6) is 5.75 Å². The number of hydrogen-bond donors (Lipinski definition) is 1. The van der Waals surface area contributed by atoms with Gasteiger partial charge < -0.3 is 28.8 Å². The van der Waals surface area contributed by atoms with Gasteiger partial charge in [-0.2, -0.15) is 0 Å². The molecule has 1 N–H and O–H groups in total. The number of ether oxygens (including phenoxy) is 1.